The Balaban J connectivity index is 1.42. The molecule has 0 aromatic carbocycles. The summed E-state index contributed by atoms with van der Waals surface area (Å²) in [4.78, 5) is 19.9. The van der Waals surface area contributed by atoms with Crippen molar-refractivity contribution in [2.24, 2.45) is 0 Å². The number of aromatic nitrogens is 1. The maximum atomic E-state index is 11.5. The molecule has 6 nitrogen and oxygen atoms in total. The zero-order valence-electron chi connectivity index (χ0n) is 13.8. The number of hydrogen-bond donors (Lipinski definition) is 0. The Bertz CT molecular complexity index is 509. The van der Waals surface area contributed by atoms with E-state index < -0.39 is 0 Å². The number of carbonyl (C=O) groups is 1. The molecule has 128 valence electrons. The second-order valence-corrected chi connectivity index (χ2v) is 7.41. The molecule has 23 heavy (non-hydrogen) atoms. The van der Waals surface area contributed by atoms with Crippen LogP contribution in [0.5, 0.6) is 0 Å². The number of nitrogens with zero attached hydrogens (tertiary/aromatic N) is 3. The highest BCUT2D eigenvalue weighted by Gasteiger charge is 2.39. The van der Waals surface area contributed by atoms with Gasteiger partial charge >= 0.3 is 0 Å². The van der Waals surface area contributed by atoms with Crippen molar-refractivity contribution < 1.29 is 14.3 Å². The largest absolute Gasteiger partial charge is 0.371 e. The van der Waals surface area contributed by atoms with Gasteiger partial charge in [0.25, 0.3) is 0 Å². The number of likely N-dealkylation sites (tertiary alicyclic amines) is 1. The molecule has 1 aromatic rings. The van der Waals surface area contributed by atoms with Gasteiger partial charge in [-0.2, -0.15) is 0 Å². The molecule has 2 fully saturated rings. The summed E-state index contributed by atoms with van der Waals surface area (Å²) in [6.07, 6.45) is 5.47. The van der Waals surface area contributed by atoms with Gasteiger partial charge in [0.15, 0.2) is 0 Å². The maximum absolute atomic E-state index is 11.5. The number of amides is 1. The Hall–Kier alpha value is -1.02. The van der Waals surface area contributed by atoms with E-state index in [2.05, 4.69) is 9.88 Å². The first-order chi connectivity index (χ1) is 11.1. The fourth-order valence-corrected chi connectivity index (χ4v) is 3.96. The summed E-state index contributed by atoms with van der Waals surface area (Å²) in [6.45, 7) is 2.65. The van der Waals surface area contributed by atoms with Crippen LogP contribution in [0.15, 0.2) is 11.6 Å². The highest BCUT2D eigenvalue weighted by molar-refractivity contribution is 7.09. The molecule has 3 rings (SSSR count). The van der Waals surface area contributed by atoms with Crippen LogP contribution in [0.4, 0.5) is 0 Å². The third-order valence-corrected chi connectivity index (χ3v) is 5.36. The van der Waals surface area contributed by atoms with Gasteiger partial charge < -0.3 is 14.4 Å². The summed E-state index contributed by atoms with van der Waals surface area (Å²) >= 11 is 1.72. The summed E-state index contributed by atoms with van der Waals surface area (Å²) in [5, 5.41) is 3.21. The summed E-state index contributed by atoms with van der Waals surface area (Å²) in [6, 6.07) is 0.499. The van der Waals surface area contributed by atoms with Gasteiger partial charge in [0.05, 0.1) is 25.4 Å². The zero-order chi connectivity index (χ0) is 16.2. The van der Waals surface area contributed by atoms with Crippen LogP contribution in [-0.4, -0.2) is 72.8 Å². The van der Waals surface area contributed by atoms with Crippen LogP contribution in [0, 0.1) is 0 Å². The lowest BCUT2D eigenvalue weighted by atomic mass is 9.99. The zero-order valence-corrected chi connectivity index (χ0v) is 14.6. The van der Waals surface area contributed by atoms with Gasteiger partial charge in [-0.25, -0.2) is 4.98 Å². The average Bonchev–Trinajstić information content (AvgIpc) is 3.17. The fourth-order valence-electron chi connectivity index (χ4n) is 3.32. The summed E-state index contributed by atoms with van der Waals surface area (Å²) in [7, 11) is 3.48. The van der Waals surface area contributed by atoms with Crippen molar-refractivity contribution in [2.45, 2.75) is 44.1 Å². The van der Waals surface area contributed by atoms with E-state index in [-0.39, 0.29) is 18.6 Å². The van der Waals surface area contributed by atoms with Gasteiger partial charge in [-0.05, 0) is 19.3 Å². The van der Waals surface area contributed by atoms with Gasteiger partial charge in [-0.15, -0.1) is 11.3 Å². The SMILES string of the molecule is CN(C)C(=O)COC[C@@H]1CC[C@H]2[C@H](CCN2Cc2nccs2)O1. The molecule has 0 spiro atoms. The number of carbonyl (C=O) groups excluding carboxylic acids is 1. The molecule has 0 aliphatic carbocycles. The molecule has 0 unspecified atom stereocenters. The molecule has 0 radical (unpaired) electrons. The average molecular weight is 339 g/mol. The highest BCUT2D eigenvalue weighted by atomic mass is 32.1. The Kier molecular flexibility index (Phi) is 5.63. The van der Waals surface area contributed by atoms with Crippen molar-refractivity contribution in [2.75, 3.05) is 33.9 Å². The summed E-state index contributed by atoms with van der Waals surface area (Å²) < 4.78 is 11.7. The van der Waals surface area contributed by atoms with Crippen LogP contribution < -0.4 is 0 Å². The van der Waals surface area contributed by atoms with E-state index >= 15 is 0 Å². The molecule has 1 amide bonds. The quantitative estimate of drug-likeness (QED) is 0.783. The van der Waals surface area contributed by atoms with E-state index in [1.54, 1.807) is 30.3 Å². The van der Waals surface area contributed by atoms with Crippen molar-refractivity contribution >= 4 is 17.2 Å². The van der Waals surface area contributed by atoms with Gasteiger partial charge in [-0.3, -0.25) is 9.69 Å². The van der Waals surface area contributed by atoms with Gasteiger partial charge in [-0.1, -0.05) is 0 Å². The Morgan fingerprint density at radius 1 is 1.48 bits per heavy atom. The van der Waals surface area contributed by atoms with E-state index in [4.69, 9.17) is 9.47 Å². The standard InChI is InChI=1S/C16H25N3O3S/c1-18(2)16(20)11-21-10-12-3-4-13-14(22-12)5-7-19(13)9-15-17-6-8-23-15/h6,8,12-14H,3-5,7,9-11H2,1-2H3/t12-,13-,14-/m0/s1. The third-order valence-electron chi connectivity index (χ3n) is 4.60. The first-order valence-corrected chi connectivity index (χ1v) is 9.07. The van der Waals surface area contributed by atoms with E-state index in [1.165, 1.54) is 5.01 Å². The van der Waals surface area contributed by atoms with Crippen LogP contribution in [-0.2, 0) is 20.8 Å². The molecule has 0 saturated carbocycles. The first kappa shape index (κ1) is 16.8. The molecular formula is C16H25N3O3S. The van der Waals surface area contributed by atoms with E-state index in [1.807, 2.05) is 11.6 Å². The molecule has 2 aliphatic heterocycles. The minimum atomic E-state index is -0.00539. The summed E-state index contributed by atoms with van der Waals surface area (Å²) in [5.41, 5.74) is 0. The van der Waals surface area contributed by atoms with E-state index in [0.717, 1.165) is 32.4 Å². The van der Waals surface area contributed by atoms with Crippen molar-refractivity contribution in [3.63, 3.8) is 0 Å². The molecule has 3 atom stereocenters. The van der Waals surface area contributed by atoms with E-state index in [9.17, 15) is 4.79 Å². The second kappa shape index (κ2) is 7.70. The van der Waals surface area contributed by atoms with Gasteiger partial charge in [0.2, 0.25) is 5.91 Å². The van der Waals surface area contributed by atoms with Crippen LogP contribution in [0.3, 0.4) is 0 Å². The number of rotatable bonds is 6. The topological polar surface area (TPSA) is 54.9 Å². The highest BCUT2D eigenvalue weighted by Crippen LogP contribution is 2.32. The Morgan fingerprint density at radius 3 is 3.09 bits per heavy atom. The number of ether oxygens (including phenoxy) is 2. The van der Waals surface area contributed by atoms with Crippen LogP contribution in [0.1, 0.15) is 24.3 Å². The second-order valence-electron chi connectivity index (χ2n) is 6.43. The number of fused-ring (bicyclic) bond motifs is 1. The molecule has 2 saturated heterocycles. The smallest absolute Gasteiger partial charge is 0.248 e. The maximum Gasteiger partial charge on any atom is 0.248 e. The molecular weight excluding hydrogens is 314 g/mol. The molecule has 0 bridgehead atoms. The molecule has 3 heterocycles. The Morgan fingerprint density at radius 2 is 2.35 bits per heavy atom. The normalized spacial score (nSPS) is 27.8. The van der Waals surface area contributed by atoms with E-state index in [0.29, 0.717) is 18.8 Å². The minimum Gasteiger partial charge on any atom is -0.371 e. The number of likely N-dealkylation sites (N-methyl/N-ethyl adjacent to an activating group) is 1. The number of hydrogen-bond acceptors (Lipinski definition) is 6. The van der Waals surface area contributed by atoms with Crippen molar-refractivity contribution in [1.29, 1.82) is 0 Å². The predicted octanol–water partition coefficient (Wildman–Crippen LogP) is 1.37. The third kappa shape index (κ3) is 4.29. The van der Waals surface area contributed by atoms with Gasteiger partial charge in [0.1, 0.15) is 11.6 Å². The van der Waals surface area contributed by atoms with Crippen molar-refractivity contribution in [1.82, 2.24) is 14.8 Å². The van der Waals surface area contributed by atoms with Crippen LogP contribution in [0.2, 0.25) is 0 Å². The molecule has 2 aliphatic rings. The first-order valence-electron chi connectivity index (χ1n) is 8.19. The summed E-state index contributed by atoms with van der Waals surface area (Å²) in [5.74, 6) is -0.00539. The fraction of sp³-hybridized carbons (Fsp3) is 0.750. The van der Waals surface area contributed by atoms with Gasteiger partial charge in [0, 0.05) is 38.3 Å². The lowest BCUT2D eigenvalue weighted by molar-refractivity contribution is -0.138. The Labute approximate surface area is 141 Å². The van der Waals surface area contributed by atoms with Crippen molar-refractivity contribution in [3.05, 3.63) is 16.6 Å². The molecule has 7 heteroatoms. The minimum absolute atomic E-state index is 0.00539. The monoisotopic (exact) mass is 339 g/mol. The predicted molar refractivity (Wildman–Crippen MR) is 88.3 cm³/mol. The molecule has 0 N–H and O–H groups in total. The van der Waals surface area contributed by atoms with Crippen LogP contribution in [0.25, 0.3) is 0 Å². The lowest BCUT2D eigenvalue weighted by Gasteiger charge is -2.35. The van der Waals surface area contributed by atoms with Crippen LogP contribution >= 0.6 is 11.3 Å². The lowest BCUT2D eigenvalue weighted by Crippen LogP contribution is -2.43. The number of thiazole rings is 1. The van der Waals surface area contributed by atoms with Crippen molar-refractivity contribution in [3.8, 4) is 0 Å². The molecule has 1 aromatic heterocycles.